The van der Waals surface area contributed by atoms with Gasteiger partial charge in [0.1, 0.15) is 4.88 Å². The molecule has 2 N–H and O–H groups in total. The molecule has 0 atom stereocenters. The minimum Gasteiger partial charge on any atom is -0.395 e. The topological polar surface area (TPSA) is 65.5 Å². The van der Waals surface area contributed by atoms with Crippen LogP contribution in [0.3, 0.4) is 0 Å². The molecule has 130 valence electrons. The summed E-state index contributed by atoms with van der Waals surface area (Å²) in [7, 11) is 1.92. The van der Waals surface area contributed by atoms with Gasteiger partial charge >= 0.3 is 0 Å². The van der Waals surface area contributed by atoms with E-state index in [0.717, 1.165) is 28.5 Å². The van der Waals surface area contributed by atoms with Gasteiger partial charge in [-0.1, -0.05) is 13.8 Å². The quantitative estimate of drug-likeness (QED) is 0.806. The minimum atomic E-state index is -0.104. The summed E-state index contributed by atoms with van der Waals surface area (Å²) in [4.78, 5) is 19.7. The van der Waals surface area contributed by atoms with Crippen molar-refractivity contribution in [1.29, 1.82) is 0 Å². The van der Waals surface area contributed by atoms with Crippen LogP contribution in [0.25, 0.3) is 0 Å². The Morgan fingerprint density at radius 3 is 2.58 bits per heavy atom. The second kappa shape index (κ2) is 8.26. The third-order valence-electron chi connectivity index (χ3n) is 3.61. The number of carbonyl (C=O) groups is 1. The van der Waals surface area contributed by atoms with Crippen molar-refractivity contribution in [3.05, 3.63) is 39.8 Å². The molecule has 0 aliphatic carbocycles. The Kier molecular flexibility index (Phi) is 6.34. The first-order chi connectivity index (χ1) is 11.4. The summed E-state index contributed by atoms with van der Waals surface area (Å²) < 4.78 is 0. The predicted molar refractivity (Wildman–Crippen MR) is 100 cm³/mol. The highest BCUT2D eigenvalue weighted by molar-refractivity contribution is 7.13. The number of rotatable bonds is 7. The molecule has 0 saturated heterocycles. The Morgan fingerprint density at radius 1 is 1.33 bits per heavy atom. The van der Waals surface area contributed by atoms with Gasteiger partial charge in [0.15, 0.2) is 0 Å². The fraction of sp³-hybridized carbons (Fsp3) is 0.444. The first-order valence-corrected chi connectivity index (χ1v) is 8.92. The van der Waals surface area contributed by atoms with E-state index in [2.05, 4.69) is 24.1 Å². The maximum absolute atomic E-state index is 12.6. The van der Waals surface area contributed by atoms with Crippen molar-refractivity contribution in [3.63, 3.8) is 0 Å². The molecular weight excluding hydrogens is 322 g/mol. The Hall–Kier alpha value is -1.92. The molecule has 0 bridgehead atoms. The third kappa shape index (κ3) is 4.79. The molecule has 1 aromatic heterocycles. The molecule has 24 heavy (non-hydrogen) atoms. The van der Waals surface area contributed by atoms with E-state index in [0.29, 0.717) is 17.3 Å². The highest BCUT2D eigenvalue weighted by Crippen LogP contribution is 2.23. The fourth-order valence-corrected chi connectivity index (χ4v) is 3.28. The number of likely N-dealkylation sites (N-methyl/N-ethyl adjacent to an activating group) is 1. The monoisotopic (exact) mass is 347 g/mol. The highest BCUT2D eigenvalue weighted by atomic mass is 32.1. The van der Waals surface area contributed by atoms with Gasteiger partial charge in [-0.05, 0) is 43.5 Å². The summed E-state index contributed by atoms with van der Waals surface area (Å²) in [5.41, 5.74) is 2.63. The molecule has 5 nitrogen and oxygen atoms in total. The van der Waals surface area contributed by atoms with Crippen molar-refractivity contribution in [1.82, 2.24) is 4.98 Å². The number of nitrogens with one attached hydrogen (secondary N) is 1. The van der Waals surface area contributed by atoms with Gasteiger partial charge in [-0.3, -0.25) is 4.79 Å². The molecule has 1 heterocycles. The number of hydrogen-bond donors (Lipinski definition) is 2. The minimum absolute atomic E-state index is 0.104. The van der Waals surface area contributed by atoms with Crippen LogP contribution in [0, 0.1) is 12.8 Å². The summed E-state index contributed by atoms with van der Waals surface area (Å²) in [5, 5.41) is 12.8. The number of hydrogen-bond acceptors (Lipinski definition) is 5. The molecule has 0 aliphatic heterocycles. The standard InChI is InChI=1S/C18H25N3O2S/c1-12(2)11-16-17(24-13(3)19-16)18(23)20-14-5-7-15(8-6-14)21(4)9-10-22/h5-8,12,22H,9-11H2,1-4H3,(H,20,23). The van der Waals surface area contributed by atoms with Crippen LogP contribution in [-0.4, -0.2) is 36.2 Å². The number of aliphatic hydroxyl groups is 1. The molecule has 0 aliphatic rings. The van der Waals surface area contributed by atoms with E-state index in [-0.39, 0.29) is 12.5 Å². The molecule has 1 aromatic carbocycles. The van der Waals surface area contributed by atoms with Crippen molar-refractivity contribution in [3.8, 4) is 0 Å². The second-order valence-corrected chi connectivity index (χ2v) is 7.46. The van der Waals surface area contributed by atoms with Gasteiger partial charge in [0.05, 0.1) is 17.3 Å². The van der Waals surface area contributed by atoms with E-state index in [4.69, 9.17) is 5.11 Å². The number of aliphatic hydroxyl groups excluding tert-OH is 1. The zero-order chi connectivity index (χ0) is 17.7. The van der Waals surface area contributed by atoms with Crippen LogP contribution >= 0.6 is 11.3 Å². The molecule has 0 radical (unpaired) electrons. The van der Waals surface area contributed by atoms with E-state index >= 15 is 0 Å². The number of anilines is 2. The van der Waals surface area contributed by atoms with Gasteiger partial charge in [-0.15, -0.1) is 11.3 Å². The van der Waals surface area contributed by atoms with Crippen molar-refractivity contribution in [2.24, 2.45) is 5.92 Å². The molecule has 6 heteroatoms. The first-order valence-electron chi connectivity index (χ1n) is 8.10. The highest BCUT2D eigenvalue weighted by Gasteiger charge is 2.17. The van der Waals surface area contributed by atoms with Crippen LogP contribution in [-0.2, 0) is 6.42 Å². The van der Waals surface area contributed by atoms with Crippen LogP contribution in [0.15, 0.2) is 24.3 Å². The molecule has 0 fully saturated rings. The Labute approximate surface area is 147 Å². The van der Waals surface area contributed by atoms with E-state index in [1.165, 1.54) is 11.3 Å². The van der Waals surface area contributed by atoms with Crippen LogP contribution in [0.4, 0.5) is 11.4 Å². The van der Waals surface area contributed by atoms with Gasteiger partial charge < -0.3 is 15.3 Å². The number of aromatic nitrogens is 1. The van der Waals surface area contributed by atoms with Crippen LogP contribution in [0.1, 0.15) is 34.2 Å². The number of benzene rings is 1. The smallest absolute Gasteiger partial charge is 0.267 e. The lowest BCUT2D eigenvalue weighted by atomic mass is 10.1. The number of aryl methyl sites for hydroxylation is 1. The van der Waals surface area contributed by atoms with E-state index in [1.54, 1.807) is 0 Å². The zero-order valence-electron chi connectivity index (χ0n) is 14.7. The van der Waals surface area contributed by atoms with Crippen LogP contribution in [0.5, 0.6) is 0 Å². The van der Waals surface area contributed by atoms with Crippen LogP contribution in [0.2, 0.25) is 0 Å². The summed E-state index contributed by atoms with van der Waals surface area (Å²) in [6.07, 6.45) is 0.804. The lowest BCUT2D eigenvalue weighted by Crippen LogP contribution is -2.21. The number of amides is 1. The Balaban J connectivity index is 2.10. The maximum atomic E-state index is 12.6. The average Bonchev–Trinajstić information content (AvgIpc) is 2.88. The summed E-state index contributed by atoms with van der Waals surface area (Å²) in [6.45, 7) is 6.86. The van der Waals surface area contributed by atoms with Crippen molar-refractivity contribution >= 4 is 28.6 Å². The van der Waals surface area contributed by atoms with Gasteiger partial charge in [0.25, 0.3) is 5.91 Å². The van der Waals surface area contributed by atoms with Crippen molar-refractivity contribution < 1.29 is 9.90 Å². The van der Waals surface area contributed by atoms with Crippen molar-refractivity contribution in [2.45, 2.75) is 27.2 Å². The van der Waals surface area contributed by atoms with E-state index in [9.17, 15) is 4.79 Å². The number of nitrogens with zero attached hydrogens (tertiary/aromatic N) is 2. The number of carbonyl (C=O) groups excluding carboxylic acids is 1. The Bertz CT molecular complexity index is 680. The van der Waals surface area contributed by atoms with E-state index < -0.39 is 0 Å². The van der Waals surface area contributed by atoms with Gasteiger partial charge in [-0.2, -0.15) is 0 Å². The molecular formula is C18H25N3O2S. The SMILES string of the molecule is Cc1nc(CC(C)C)c(C(=O)Nc2ccc(N(C)CCO)cc2)s1. The zero-order valence-corrected chi connectivity index (χ0v) is 15.5. The van der Waals surface area contributed by atoms with Gasteiger partial charge in [0, 0.05) is 25.0 Å². The normalized spacial score (nSPS) is 10.9. The molecule has 0 spiro atoms. The average molecular weight is 347 g/mol. The molecule has 2 rings (SSSR count). The second-order valence-electron chi connectivity index (χ2n) is 6.25. The van der Waals surface area contributed by atoms with Gasteiger partial charge in [-0.25, -0.2) is 4.98 Å². The largest absolute Gasteiger partial charge is 0.395 e. The lowest BCUT2D eigenvalue weighted by Gasteiger charge is -2.18. The summed E-state index contributed by atoms with van der Waals surface area (Å²) in [6, 6.07) is 7.60. The first kappa shape index (κ1) is 18.4. The third-order valence-corrected chi connectivity index (χ3v) is 4.63. The molecule has 1 amide bonds. The molecule has 0 saturated carbocycles. The van der Waals surface area contributed by atoms with Gasteiger partial charge in [0.2, 0.25) is 0 Å². The summed E-state index contributed by atoms with van der Waals surface area (Å²) in [5.74, 6) is 0.354. The Morgan fingerprint density at radius 2 is 2.00 bits per heavy atom. The number of thiazole rings is 1. The van der Waals surface area contributed by atoms with Crippen molar-refractivity contribution in [2.75, 3.05) is 30.4 Å². The van der Waals surface area contributed by atoms with E-state index in [1.807, 2.05) is 43.1 Å². The van der Waals surface area contributed by atoms with Crippen LogP contribution < -0.4 is 10.2 Å². The molecule has 2 aromatic rings. The fourth-order valence-electron chi connectivity index (χ4n) is 2.44. The molecule has 0 unspecified atom stereocenters. The summed E-state index contributed by atoms with van der Waals surface area (Å²) >= 11 is 1.44. The predicted octanol–water partition coefficient (Wildman–Crippen LogP) is 3.33. The lowest BCUT2D eigenvalue weighted by molar-refractivity contribution is 0.102. The maximum Gasteiger partial charge on any atom is 0.267 e.